The minimum atomic E-state index is 0.0206. The third-order valence-electron chi connectivity index (χ3n) is 4.94. The van der Waals surface area contributed by atoms with E-state index < -0.39 is 0 Å². The van der Waals surface area contributed by atoms with Crippen molar-refractivity contribution in [2.24, 2.45) is 0 Å². The molecule has 0 saturated heterocycles. The van der Waals surface area contributed by atoms with Crippen LogP contribution >= 0.6 is 11.6 Å². The Morgan fingerprint density at radius 2 is 1.33 bits per heavy atom. The number of aromatic amines is 2. The van der Waals surface area contributed by atoms with E-state index in [4.69, 9.17) is 11.6 Å². The fraction of sp³-hybridized carbons (Fsp3) is 0.474. The monoisotopic (exact) mass is 348 g/mol. The summed E-state index contributed by atoms with van der Waals surface area (Å²) in [7, 11) is 0. The van der Waals surface area contributed by atoms with Gasteiger partial charge in [-0.3, -0.25) is 9.59 Å². The molecule has 2 aromatic heterocycles. The molecule has 130 valence electrons. The van der Waals surface area contributed by atoms with Crippen molar-refractivity contribution in [1.82, 2.24) is 9.97 Å². The second-order valence-electron chi connectivity index (χ2n) is 6.08. The molecule has 0 atom stereocenters. The van der Waals surface area contributed by atoms with Crippen LogP contribution in [0.25, 0.3) is 0 Å². The Hall–Kier alpha value is -1.81. The molecule has 0 aliphatic carbocycles. The van der Waals surface area contributed by atoms with Crippen LogP contribution in [0.4, 0.5) is 0 Å². The van der Waals surface area contributed by atoms with Crippen LogP contribution in [-0.2, 0) is 12.8 Å². The number of hydrogen-bond donors (Lipinski definition) is 2. The molecule has 2 heterocycles. The van der Waals surface area contributed by atoms with Crippen molar-refractivity contribution >= 4 is 24.2 Å². The SMILES string of the molecule is CCc1c(C(CCCl)c2[nH]c(C=O)c(C)c2CC)[nH]c(C=O)c1C. The summed E-state index contributed by atoms with van der Waals surface area (Å²) in [4.78, 5) is 29.3. The van der Waals surface area contributed by atoms with Crippen LogP contribution in [0, 0.1) is 13.8 Å². The molecule has 0 fully saturated rings. The Labute approximate surface area is 148 Å². The summed E-state index contributed by atoms with van der Waals surface area (Å²) in [6.45, 7) is 8.11. The lowest BCUT2D eigenvalue weighted by Crippen LogP contribution is -2.09. The van der Waals surface area contributed by atoms with Gasteiger partial charge in [0.25, 0.3) is 0 Å². The molecule has 2 aromatic rings. The maximum Gasteiger partial charge on any atom is 0.166 e. The smallest absolute Gasteiger partial charge is 0.166 e. The van der Waals surface area contributed by atoms with Gasteiger partial charge in [-0.1, -0.05) is 13.8 Å². The number of carbonyl (C=O) groups is 2. The summed E-state index contributed by atoms with van der Waals surface area (Å²) in [5.41, 5.74) is 7.63. The average molecular weight is 349 g/mol. The van der Waals surface area contributed by atoms with Crippen molar-refractivity contribution in [2.45, 2.75) is 52.9 Å². The Morgan fingerprint density at radius 3 is 1.62 bits per heavy atom. The van der Waals surface area contributed by atoms with Crippen molar-refractivity contribution in [3.05, 3.63) is 45.0 Å². The van der Waals surface area contributed by atoms with Gasteiger partial charge in [0.15, 0.2) is 12.6 Å². The van der Waals surface area contributed by atoms with Gasteiger partial charge < -0.3 is 9.97 Å². The lowest BCUT2D eigenvalue weighted by Gasteiger charge is -2.18. The molecular weight excluding hydrogens is 324 g/mol. The van der Waals surface area contributed by atoms with Crippen LogP contribution in [0.3, 0.4) is 0 Å². The van der Waals surface area contributed by atoms with E-state index in [1.54, 1.807) is 0 Å². The molecule has 0 saturated carbocycles. The van der Waals surface area contributed by atoms with E-state index in [0.29, 0.717) is 17.3 Å². The third-order valence-corrected chi connectivity index (χ3v) is 5.16. The van der Waals surface area contributed by atoms with Crippen molar-refractivity contribution in [2.75, 3.05) is 5.88 Å². The highest BCUT2D eigenvalue weighted by Crippen LogP contribution is 2.36. The molecule has 2 rings (SSSR count). The van der Waals surface area contributed by atoms with E-state index in [9.17, 15) is 9.59 Å². The standard InChI is InChI=1S/C19H25ClN2O2/c1-5-13-11(3)16(9-23)21-18(13)15(7-8-20)19-14(6-2)12(4)17(10-24)22-19/h9-10,15,21-22H,5-8H2,1-4H3. The van der Waals surface area contributed by atoms with Crippen molar-refractivity contribution in [3.63, 3.8) is 0 Å². The van der Waals surface area contributed by atoms with E-state index in [-0.39, 0.29) is 5.92 Å². The largest absolute Gasteiger partial charge is 0.355 e. The molecule has 2 N–H and O–H groups in total. The molecule has 4 nitrogen and oxygen atoms in total. The number of hydrogen-bond acceptors (Lipinski definition) is 2. The normalized spacial score (nSPS) is 11.2. The number of H-pyrrole nitrogens is 2. The molecule has 0 amide bonds. The van der Waals surface area contributed by atoms with Crippen molar-refractivity contribution < 1.29 is 9.59 Å². The predicted octanol–water partition coefficient (Wildman–Crippen LogP) is 4.47. The van der Waals surface area contributed by atoms with Gasteiger partial charge in [-0.15, -0.1) is 11.6 Å². The zero-order valence-electron chi connectivity index (χ0n) is 14.8. The van der Waals surface area contributed by atoms with E-state index in [2.05, 4.69) is 23.8 Å². The van der Waals surface area contributed by atoms with Gasteiger partial charge >= 0.3 is 0 Å². The molecule has 0 aromatic carbocycles. The number of nitrogens with one attached hydrogen (secondary N) is 2. The topological polar surface area (TPSA) is 65.7 Å². The highest BCUT2D eigenvalue weighted by atomic mass is 35.5. The van der Waals surface area contributed by atoms with E-state index in [0.717, 1.165) is 65.5 Å². The van der Waals surface area contributed by atoms with Gasteiger partial charge in [-0.2, -0.15) is 0 Å². The Bertz CT molecular complexity index is 683. The molecule has 0 spiro atoms. The Kier molecular flexibility index (Phi) is 6.05. The summed E-state index contributed by atoms with van der Waals surface area (Å²) in [5.74, 6) is 0.521. The van der Waals surface area contributed by atoms with Gasteiger partial charge in [0.05, 0.1) is 11.4 Å². The predicted molar refractivity (Wildman–Crippen MR) is 97.8 cm³/mol. The molecular formula is C19H25ClN2O2. The van der Waals surface area contributed by atoms with Gasteiger partial charge in [0, 0.05) is 23.2 Å². The second kappa shape index (κ2) is 7.84. The molecule has 0 radical (unpaired) electrons. The van der Waals surface area contributed by atoms with Gasteiger partial charge in [-0.05, 0) is 55.4 Å². The van der Waals surface area contributed by atoms with Crippen LogP contribution in [0.5, 0.6) is 0 Å². The van der Waals surface area contributed by atoms with Crippen LogP contribution < -0.4 is 0 Å². The van der Waals surface area contributed by atoms with Crippen molar-refractivity contribution in [3.8, 4) is 0 Å². The van der Waals surface area contributed by atoms with Crippen LogP contribution in [0.15, 0.2) is 0 Å². The third kappa shape index (κ3) is 3.07. The quantitative estimate of drug-likeness (QED) is 0.546. The number of alkyl halides is 1. The number of rotatable bonds is 8. The van der Waals surface area contributed by atoms with Crippen LogP contribution in [0.1, 0.15) is 80.8 Å². The molecule has 24 heavy (non-hydrogen) atoms. The minimum absolute atomic E-state index is 0.0206. The minimum Gasteiger partial charge on any atom is -0.355 e. The summed E-state index contributed by atoms with van der Waals surface area (Å²) in [6, 6.07) is 0. The van der Waals surface area contributed by atoms with Crippen LogP contribution in [0.2, 0.25) is 0 Å². The van der Waals surface area contributed by atoms with E-state index in [1.165, 1.54) is 0 Å². The first kappa shape index (κ1) is 18.5. The zero-order valence-corrected chi connectivity index (χ0v) is 15.5. The zero-order chi connectivity index (χ0) is 17.9. The lowest BCUT2D eigenvalue weighted by molar-refractivity contribution is 0.111. The highest BCUT2D eigenvalue weighted by Gasteiger charge is 2.26. The Balaban J connectivity index is 2.67. The summed E-state index contributed by atoms with van der Waals surface area (Å²) in [5, 5.41) is 0. The summed E-state index contributed by atoms with van der Waals surface area (Å²) >= 11 is 6.08. The van der Waals surface area contributed by atoms with Crippen molar-refractivity contribution in [1.29, 1.82) is 0 Å². The van der Waals surface area contributed by atoms with Gasteiger partial charge in [0.2, 0.25) is 0 Å². The first-order valence-electron chi connectivity index (χ1n) is 8.42. The number of aromatic nitrogens is 2. The van der Waals surface area contributed by atoms with E-state index >= 15 is 0 Å². The maximum atomic E-state index is 11.3. The van der Waals surface area contributed by atoms with Gasteiger partial charge in [0.1, 0.15) is 0 Å². The lowest BCUT2D eigenvalue weighted by atomic mass is 9.90. The highest BCUT2D eigenvalue weighted by molar-refractivity contribution is 6.17. The molecule has 0 aliphatic rings. The maximum absolute atomic E-state index is 11.3. The number of halogens is 1. The molecule has 0 bridgehead atoms. The first-order valence-corrected chi connectivity index (χ1v) is 8.96. The average Bonchev–Trinajstić information content (AvgIpc) is 3.08. The number of aldehydes is 2. The van der Waals surface area contributed by atoms with E-state index in [1.807, 2.05) is 13.8 Å². The molecule has 0 unspecified atom stereocenters. The van der Waals surface area contributed by atoms with Crippen LogP contribution in [-0.4, -0.2) is 28.4 Å². The molecule has 0 aliphatic heterocycles. The fourth-order valence-corrected chi connectivity index (χ4v) is 3.86. The summed E-state index contributed by atoms with van der Waals surface area (Å²) in [6.07, 6.45) is 4.15. The summed E-state index contributed by atoms with van der Waals surface area (Å²) < 4.78 is 0. The fourth-order valence-electron chi connectivity index (χ4n) is 3.64. The second-order valence-corrected chi connectivity index (χ2v) is 6.46. The molecule has 5 heteroatoms. The number of carbonyl (C=O) groups excluding carboxylic acids is 2. The Morgan fingerprint density at radius 1 is 0.917 bits per heavy atom. The van der Waals surface area contributed by atoms with Gasteiger partial charge in [-0.25, -0.2) is 0 Å². The first-order chi connectivity index (χ1) is 11.5.